The van der Waals surface area contributed by atoms with Crippen LogP contribution in [0, 0.1) is 0 Å². The summed E-state index contributed by atoms with van der Waals surface area (Å²) in [5.74, 6) is 0. The largest absolute Gasteiger partial charge is 0.437 e. The molecule has 0 atom stereocenters. The summed E-state index contributed by atoms with van der Waals surface area (Å²) in [4.78, 5) is 0. The second kappa shape index (κ2) is 3.52. The number of hydrogen-bond donors (Lipinski definition) is 0. The van der Waals surface area contributed by atoms with Crippen LogP contribution in [0.2, 0.25) is 0 Å². The second-order valence-electron chi connectivity index (χ2n) is 0.667. The molecule has 0 unspecified atom stereocenters. The van der Waals surface area contributed by atoms with Crippen molar-refractivity contribution in [2.24, 2.45) is 0 Å². The summed E-state index contributed by atoms with van der Waals surface area (Å²) in [6, 6.07) is -1.54. The van der Waals surface area contributed by atoms with E-state index in [0.717, 1.165) is 0 Å². The van der Waals surface area contributed by atoms with Gasteiger partial charge in [-0.05, 0) is 0 Å². The Morgan fingerprint density at radius 2 is 2.29 bits per heavy atom. The zero-order valence-electron chi connectivity index (χ0n) is 3.33. The molecule has 0 aliphatic rings. The van der Waals surface area contributed by atoms with E-state index in [0.29, 0.717) is 0 Å². The highest BCUT2D eigenvalue weighted by Gasteiger charge is 1.88. The molecule has 0 saturated carbocycles. The maximum Gasteiger partial charge on any atom is 0.303 e. The minimum Gasteiger partial charge on any atom is -0.437 e. The van der Waals surface area contributed by atoms with E-state index in [-0.39, 0.29) is 0 Å². The molecule has 4 heteroatoms. The van der Waals surface area contributed by atoms with E-state index in [1.54, 1.807) is 0 Å². The molecule has 0 aromatic rings. The molecule has 1 nitrogen and oxygen atoms in total. The summed E-state index contributed by atoms with van der Waals surface area (Å²) in [6.07, 6.45) is -0.459. The maximum absolute atomic E-state index is 11.2. The molecule has 0 aromatic carbocycles. The average Bonchev–Trinajstić information content (AvgIpc) is 1.68. The molecule has 42 valence electrons. The van der Waals surface area contributed by atoms with Gasteiger partial charge in [-0.3, -0.25) is 0 Å². The summed E-state index contributed by atoms with van der Waals surface area (Å²) in [5, 5.41) is 0. The Hall–Kier alpha value is -0.670. The van der Waals surface area contributed by atoms with Gasteiger partial charge in [-0.1, -0.05) is 0 Å². The number of alkyl halides is 1. The molecule has 0 fully saturated rings. The van der Waals surface area contributed by atoms with Gasteiger partial charge < -0.3 is 4.74 Å². The SMILES string of the molecule is F/C=C(\F)OCF. The molecular weight excluding hydrogens is 109 g/mol. The highest BCUT2D eigenvalue weighted by Crippen LogP contribution is 1.97. The Balaban J connectivity index is 3.17. The average molecular weight is 112 g/mol. The molecule has 0 radical (unpaired) electrons. The van der Waals surface area contributed by atoms with Crippen molar-refractivity contribution in [3.05, 3.63) is 12.3 Å². The monoisotopic (exact) mass is 112 g/mol. The number of halogens is 3. The van der Waals surface area contributed by atoms with Crippen LogP contribution in [0.25, 0.3) is 0 Å². The highest BCUT2D eigenvalue weighted by molar-refractivity contribution is 4.69. The van der Waals surface area contributed by atoms with Crippen LogP contribution in [0.15, 0.2) is 12.3 Å². The summed E-state index contributed by atoms with van der Waals surface area (Å²) in [7, 11) is 0. The van der Waals surface area contributed by atoms with Gasteiger partial charge in [-0.2, -0.15) is 4.39 Å². The lowest BCUT2D eigenvalue weighted by atomic mass is 11.0. The lowest BCUT2D eigenvalue weighted by Crippen LogP contribution is -1.80. The summed E-state index contributed by atoms with van der Waals surface area (Å²) < 4.78 is 36.0. The van der Waals surface area contributed by atoms with E-state index in [2.05, 4.69) is 4.74 Å². The first-order chi connectivity index (χ1) is 3.31. The third-order valence-corrected chi connectivity index (χ3v) is 0.278. The maximum atomic E-state index is 11.2. The van der Waals surface area contributed by atoms with E-state index in [4.69, 9.17) is 0 Å². The molecule has 7 heavy (non-hydrogen) atoms. The Bertz CT molecular complexity index is 70.6. The van der Waals surface area contributed by atoms with Crippen LogP contribution in [0.1, 0.15) is 0 Å². The number of rotatable bonds is 2. The van der Waals surface area contributed by atoms with E-state index in [9.17, 15) is 13.2 Å². The predicted octanol–water partition coefficient (Wildman–Crippen LogP) is 1.67. The Morgan fingerprint density at radius 1 is 1.71 bits per heavy atom. The van der Waals surface area contributed by atoms with Crippen LogP contribution in [0.5, 0.6) is 0 Å². The predicted molar refractivity (Wildman–Crippen MR) is 17.4 cm³/mol. The summed E-state index contributed by atoms with van der Waals surface area (Å²) >= 11 is 0. The first-order valence-electron chi connectivity index (χ1n) is 1.46. The van der Waals surface area contributed by atoms with Crippen LogP contribution in [-0.2, 0) is 4.74 Å². The molecule has 0 aliphatic carbocycles. The van der Waals surface area contributed by atoms with Gasteiger partial charge in [-0.15, -0.1) is 0 Å². The highest BCUT2D eigenvalue weighted by atomic mass is 19.2. The first kappa shape index (κ1) is 6.33. The second-order valence-corrected chi connectivity index (χ2v) is 0.667. The zero-order chi connectivity index (χ0) is 5.70. The fraction of sp³-hybridized carbons (Fsp3) is 0.333. The quantitative estimate of drug-likeness (QED) is 0.493. The van der Waals surface area contributed by atoms with Crippen molar-refractivity contribution in [2.75, 3.05) is 6.86 Å². The summed E-state index contributed by atoms with van der Waals surface area (Å²) in [5.41, 5.74) is 0. The third kappa shape index (κ3) is 3.15. The molecule has 0 heterocycles. The van der Waals surface area contributed by atoms with Crippen molar-refractivity contribution in [2.45, 2.75) is 0 Å². The lowest BCUT2D eigenvalue weighted by Gasteiger charge is -1.88. The van der Waals surface area contributed by atoms with Crippen LogP contribution in [0.4, 0.5) is 13.2 Å². The zero-order valence-corrected chi connectivity index (χ0v) is 3.33. The fourth-order valence-corrected chi connectivity index (χ4v) is 0.0836. The standard InChI is InChI=1S/C3H3F3O/c4-1-3(6)7-2-5/h1H,2H2/b3-1+. The van der Waals surface area contributed by atoms with Crippen molar-refractivity contribution < 1.29 is 17.9 Å². The Labute approximate surface area is 38.4 Å². The Kier molecular flexibility index (Phi) is 3.18. The van der Waals surface area contributed by atoms with Crippen LogP contribution >= 0.6 is 0 Å². The molecule has 0 amide bonds. The molecule has 0 bridgehead atoms. The minimum absolute atomic E-state index is 0.459. The van der Waals surface area contributed by atoms with Crippen molar-refractivity contribution in [1.82, 2.24) is 0 Å². The van der Waals surface area contributed by atoms with Gasteiger partial charge in [0.25, 0.3) is 0 Å². The third-order valence-electron chi connectivity index (χ3n) is 0.278. The molecule has 0 N–H and O–H groups in total. The smallest absolute Gasteiger partial charge is 0.303 e. The van der Waals surface area contributed by atoms with Crippen molar-refractivity contribution in [3.8, 4) is 0 Å². The van der Waals surface area contributed by atoms with E-state index in [1.165, 1.54) is 0 Å². The van der Waals surface area contributed by atoms with Crippen LogP contribution in [0.3, 0.4) is 0 Å². The summed E-state index contributed by atoms with van der Waals surface area (Å²) in [6.45, 7) is -1.34. The number of hydrogen-bond acceptors (Lipinski definition) is 1. The van der Waals surface area contributed by atoms with Crippen LogP contribution in [-0.4, -0.2) is 6.86 Å². The topological polar surface area (TPSA) is 9.23 Å². The van der Waals surface area contributed by atoms with Crippen molar-refractivity contribution >= 4 is 0 Å². The molecule has 0 rings (SSSR count). The van der Waals surface area contributed by atoms with Gasteiger partial charge in [0.05, 0.1) is 0 Å². The van der Waals surface area contributed by atoms with Gasteiger partial charge in [0.1, 0.15) is 0 Å². The van der Waals surface area contributed by atoms with Gasteiger partial charge in [-0.25, -0.2) is 8.78 Å². The number of ether oxygens (including phenoxy) is 1. The van der Waals surface area contributed by atoms with Crippen LogP contribution < -0.4 is 0 Å². The molecular formula is C3H3F3O. The lowest BCUT2D eigenvalue weighted by molar-refractivity contribution is 0.0683. The van der Waals surface area contributed by atoms with Gasteiger partial charge in [0.15, 0.2) is 6.33 Å². The molecule has 0 aromatic heterocycles. The molecule has 0 aliphatic heterocycles. The van der Waals surface area contributed by atoms with E-state index >= 15 is 0 Å². The fourth-order valence-electron chi connectivity index (χ4n) is 0.0836. The van der Waals surface area contributed by atoms with Gasteiger partial charge in [0.2, 0.25) is 6.86 Å². The van der Waals surface area contributed by atoms with Gasteiger partial charge in [0, 0.05) is 0 Å². The van der Waals surface area contributed by atoms with E-state index < -0.39 is 19.2 Å². The van der Waals surface area contributed by atoms with Crippen molar-refractivity contribution in [1.29, 1.82) is 0 Å². The Morgan fingerprint density at radius 3 is 2.43 bits per heavy atom. The molecule has 0 spiro atoms. The normalized spacial score (nSPS) is 11.6. The minimum atomic E-state index is -1.54. The van der Waals surface area contributed by atoms with Gasteiger partial charge >= 0.3 is 6.01 Å². The van der Waals surface area contributed by atoms with E-state index in [1.807, 2.05) is 0 Å². The first-order valence-corrected chi connectivity index (χ1v) is 1.46. The van der Waals surface area contributed by atoms with Crippen molar-refractivity contribution in [3.63, 3.8) is 0 Å². The molecule has 0 saturated heterocycles.